The van der Waals surface area contributed by atoms with Crippen LogP contribution in [0.15, 0.2) is 36.4 Å². The summed E-state index contributed by atoms with van der Waals surface area (Å²) in [5.41, 5.74) is 1.32. The number of benzene rings is 2. The van der Waals surface area contributed by atoms with E-state index in [1.807, 2.05) is 6.07 Å². The van der Waals surface area contributed by atoms with Crippen LogP contribution in [0, 0.1) is 0 Å². The van der Waals surface area contributed by atoms with E-state index in [1.165, 1.54) is 22.9 Å². The fourth-order valence-electron chi connectivity index (χ4n) is 2.64. The zero-order valence-corrected chi connectivity index (χ0v) is 11.4. The number of hydrogen-bond donors (Lipinski definition) is 1. The first-order valence-electron chi connectivity index (χ1n) is 6.90. The third kappa shape index (κ3) is 2.66. The van der Waals surface area contributed by atoms with E-state index in [9.17, 15) is 0 Å². The van der Waals surface area contributed by atoms with Gasteiger partial charge in [0.25, 0.3) is 0 Å². The van der Waals surface area contributed by atoms with E-state index >= 15 is 0 Å². The Bertz CT molecular complexity index is 560. The molecule has 1 aliphatic heterocycles. The molecule has 19 heavy (non-hydrogen) atoms. The lowest BCUT2D eigenvalue weighted by Gasteiger charge is -2.22. The van der Waals surface area contributed by atoms with Crippen molar-refractivity contribution in [2.24, 2.45) is 0 Å². The Morgan fingerprint density at radius 2 is 1.84 bits per heavy atom. The smallest absolute Gasteiger partial charge is 0.119 e. The zero-order chi connectivity index (χ0) is 13.1. The van der Waals surface area contributed by atoms with Gasteiger partial charge in [0.1, 0.15) is 5.75 Å². The first kappa shape index (κ1) is 12.3. The summed E-state index contributed by atoms with van der Waals surface area (Å²) in [7, 11) is 1.71. The molecule has 0 bridgehead atoms. The van der Waals surface area contributed by atoms with Gasteiger partial charge in [-0.1, -0.05) is 12.1 Å². The quantitative estimate of drug-likeness (QED) is 0.894. The zero-order valence-electron chi connectivity index (χ0n) is 11.4. The average Bonchev–Trinajstić information content (AvgIpc) is 2.75. The summed E-state index contributed by atoms with van der Waals surface area (Å²) in [6, 6.07) is 12.9. The fourth-order valence-corrected chi connectivity index (χ4v) is 2.64. The maximum Gasteiger partial charge on any atom is 0.119 e. The van der Waals surface area contributed by atoms with Crippen LogP contribution in [0.3, 0.4) is 0 Å². The summed E-state index contributed by atoms with van der Waals surface area (Å²) in [5, 5.41) is 5.95. The van der Waals surface area contributed by atoms with Crippen molar-refractivity contribution in [3.8, 4) is 5.75 Å². The van der Waals surface area contributed by atoms with Gasteiger partial charge >= 0.3 is 0 Å². The molecule has 3 nitrogen and oxygen atoms in total. The van der Waals surface area contributed by atoms with Gasteiger partial charge in [0.05, 0.1) is 7.11 Å². The molecule has 0 aromatic heterocycles. The van der Waals surface area contributed by atoms with Crippen molar-refractivity contribution in [1.29, 1.82) is 0 Å². The summed E-state index contributed by atoms with van der Waals surface area (Å²) >= 11 is 0. The lowest BCUT2D eigenvalue weighted by molar-refractivity contribution is 0.415. The number of ether oxygens (including phenoxy) is 1. The number of hydrogen-bond acceptors (Lipinski definition) is 3. The van der Waals surface area contributed by atoms with Gasteiger partial charge in [-0.15, -0.1) is 0 Å². The highest BCUT2D eigenvalue weighted by Crippen LogP contribution is 2.25. The molecule has 2 aromatic carbocycles. The minimum absolute atomic E-state index is 0.916. The predicted octanol–water partition coefficient (Wildman–Crippen LogP) is 2.65. The second-order valence-electron chi connectivity index (χ2n) is 4.99. The molecule has 0 saturated carbocycles. The maximum atomic E-state index is 5.27. The standard InChI is InChI=1S/C16H20N2O/c1-19-16-6-4-13-11-15(5-3-14(13)12-16)18-9-2-7-17-8-10-18/h3-6,11-12,17H,2,7-10H2,1H3. The third-order valence-corrected chi connectivity index (χ3v) is 3.74. The van der Waals surface area contributed by atoms with Gasteiger partial charge < -0.3 is 15.0 Å². The molecular formula is C16H20N2O. The Hall–Kier alpha value is -1.74. The van der Waals surface area contributed by atoms with Gasteiger partial charge in [-0.3, -0.25) is 0 Å². The molecule has 0 amide bonds. The molecule has 3 rings (SSSR count). The monoisotopic (exact) mass is 256 g/mol. The molecule has 3 heteroatoms. The second-order valence-corrected chi connectivity index (χ2v) is 4.99. The van der Waals surface area contributed by atoms with Crippen LogP contribution in [0.4, 0.5) is 5.69 Å². The van der Waals surface area contributed by atoms with Crippen molar-refractivity contribution in [3.63, 3.8) is 0 Å². The largest absolute Gasteiger partial charge is 0.497 e. The van der Waals surface area contributed by atoms with Crippen LogP contribution >= 0.6 is 0 Å². The van der Waals surface area contributed by atoms with E-state index < -0.39 is 0 Å². The van der Waals surface area contributed by atoms with Crippen molar-refractivity contribution in [1.82, 2.24) is 5.32 Å². The van der Waals surface area contributed by atoms with Crippen LogP contribution in [0.1, 0.15) is 6.42 Å². The van der Waals surface area contributed by atoms with E-state index in [4.69, 9.17) is 4.74 Å². The summed E-state index contributed by atoms with van der Waals surface area (Å²) in [5.74, 6) is 0.916. The first-order chi connectivity index (χ1) is 9.36. The molecule has 1 N–H and O–H groups in total. The minimum Gasteiger partial charge on any atom is -0.497 e. The molecule has 0 spiro atoms. The minimum atomic E-state index is 0.916. The molecule has 2 aromatic rings. The van der Waals surface area contributed by atoms with Crippen molar-refractivity contribution >= 4 is 16.5 Å². The van der Waals surface area contributed by atoms with Crippen LogP contribution < -0.4 is 15.0 Å². The van der Waals surface area contributed by atoms with Crippen LogP contribution in [0.5, 0.6) is 5.75 Å². The van der Waals surface area contributed by atoms with Crippen molar-refractivity contribution < 1.29 is 4.74 Å². The van der Waals surface area contributed by atoms with E-state index in [2.05, 4.69) is 40.5 Å². The van der Waals surface area contributed by atoms with Crippen LogP contribution in [-0.2, 0) is 0 Å². The normalized spacial score (nSPS) is 16.4. The molecule has 1 aliphatic rings. The number of methoxy groups -OCH3 is 1. The highest BCUT2D eigenvalue weighted by atomic mass is 16.5. The van der Waals surface area contributed by atoms with Gasteiger partial charge in [-0.05, 0) is 48.0 Å². The van der Waals surface area contributed by atoms with Gasteiger partial charge in [-0.2, -0.15) is 0 Å². The van der Waals surface area contributed by atoms with Crippen LogP contribution in [0.2, 0.25) is 0 Å². The molecule has 0 aliphatic carbocycles. The molecular weight excluding hydrogens is 236 g/mol. The SMILES string of the molecule is COc1ccc2cc(N3CCCNCC3)ccc2c1. The molecule has 1 saturated heterocycles. The molecule has 100 valence electrons. The van der Waals surface area contributed by atoms with E-state index in [-0.39, 0.29) is 0 Å². The number of nitrogens with one attached hydrogen (secondary N) is 1. The second kappa shape index (κ2) is 5.49. The average molecular weight is 256 g/mol. The van der Waals surface area contributed by atoms with E-state index in [0.29, 0.717) is 0 Å². The molecule has 0 radical (unpaired) electrons. The molecule has 0 atom stereocenters. The molecule has 1 fully saturated rings. The van der Waals surface area contributed by atoms with Crippen molar-refractivity contribution in [2.45, 2.75) is 6.42 Å². The third-order valence-electron chi connectivity index (χ3n) is 3.74. The molecule has 0 unspecified atom stereocenters. The van der Waals surface area contributed by atoms with Crippen LogP contribution in [-0.4, -0.2) is 33.3 Å². The Kier molecular flexibility index (Phi) is 3.56. The Balaban J connectivity index is 1.92. The van der Waals surface area contributed by atoms with Gasteiger partial charge in [-0.25, -0.2) is 0 Å². The lowest BCUT2D eigenvalue weighted by atomic mass is 10.1. The van der Waals surface area contributed by atoms with Crippen molar-refractivity contribution in [2.75, 3.05) is 38.2 Å². The summed E-state index contributed by atoms with van der Waals surface area (Å²) in [6.07, 6.45) is 1.21. The van der Waals surface area contributed by atoms with E-state index in [0.717, 1.165) is 31.9 Å². The number of rotatable bonds is 2. The Morgan fingerprint density at radius 1 is 1.00 bits per heavy atom. The lowest BCUT2D eigenvalue weighted by Crippen LogP contribution is -2.27. The van der Waals surface area contributed by atoms with E-state index in [1.54, 1.807) is 7.11 Å². The number of nitrogens with zero attached hydrogens (tertiary/aromatic N) is 1. The first-order valence-corrected chi connectivity index (χ1v) is 6.90. The molecule has 1 heterocycles. The van der Waals surface area contributed by atoms with Crippen LogP contribution in [0.25, 0.3) is 10.8 Å². The Morgan fingerprint density at radius 3 is 2.74 bits per heavy atom. The van der Waals surface area contributed by atoms with Crippen molar-refractivity contribution in [3.05, 3.63) is 36.4 Å². The summed E-state index contributed by atoms with van der Waals surface area (Å²) < 4.78 is 5.27. The van der Waals surface area contributed by atoms with Gasteiger partial charge in [0.15, 0.2) is 0 Å². The fraction of sp³-hybridized carbons (Fsp3) is 0.375. The number of fused-ring (bicyclic) bond motifs is 1. The summed E-state index contributed by atoms with van der Waals surface area (Å²) in [4.78, 5) is 2.46. The van der Waals surface area contributed by atoms with Gasteiger partial charge in [0, 0.05) is 25.3 Å². The summed E-state index contributed by atoms with van der Waals surface area (Å²) in [6.45, 7) is 4.41. The topological polar surface area (TPSA) is 24.5 Å². The number of anilines is 1. The Labute approximate surface area is 114 Å². The maximum absolute atomic E-state index is 5.27. The predicted molar refractivity (Wildman–Crippen MR) is 80.2 cm³/mol. The highest BCUT2D eigenvalue weighted by molar-refractivity contribution is 5.87. The van der Waals surface area contributed by atoms with Gasteiger partial charge in [0.2, 0.25) is 0 Å². The highest BCUT2D eigenvalue weighted by Gasteiger charge is 2.09.